The van der Waals surface area contributed by atoms with Crippen molar-refractivity contribution in [3.05, 3.63) is 41.4 Å². The third kappa shape index (κ3) is 3.46. The normalized spacial score (nSPS) is 28.0. The van der Waals surface area contributed by atoms with Crippen LogP contribution < -0.4 is 10.6 Å². The van der Waals surface area contributed by atoms with Gasteiger partial charge in [-0.15, -0.1) is 0 Å². The fraction of sp³-hybridized carbons (Fsp3) is 0.556. The van der Waals surface area contributed by atoms with Gasteiger partial charge in [-0.2, -0.15) is 0 Å². The maximum absolute atomic E-state index is 5.88. The highest BCUT2D eigenvalue weighted by atomic mass is 16.5. The van der Waals surface area contributed by atoms with E-state index in [1.165, 1.54) is 24.0 Å². The second kappa shape index (κ2) is 6.42. The highest BCUT2D eigenvalue weighted by molar-refractivity contribution is 5.44. The maximum atomic E-state index is 5.88. The molecule has 5 heteroatoms. The van der Waals surface area contributed by atoms with Gasteiger partial charge in [-0.05, 0) is 49.3 Å². The number of ether oxygens (including phenoxy) is 1. The molecule has 2 aliphatic carbocycles. The molecule has 0 aromatic carbocycles. The molecule has 2 N–H and O–H groups in total. The Balaban J connectivity index is 1.39. The topological polar surface area (TPSA) is 59.1 Å². The van der Waals surface area contributed by atoms with E-state index in [0.717, 1.165) is 31.8 Å². The second-order valence-corrected chi connectivity index (χ2v) is 6.77. The summed E-state index contributed by atoms with van der Waals surface area (Å²) < 4.78 is 5.88. The molecule has 5 nitrogen and oxygen atoms in total. The standard InChI is InChI=1S/C18H24N4O/c1-12-8-14(17-11-19-6-7-23-17)4-5-16(12)22-18-20-9-15(10-21-18)13-2-3-13/h4-5,9-10,13-14,17,19H,2-3,6-8,11H2,1H3,(H,20,21,22)/t14?,17-/m1/s1. The maximum Gasteiger partial charge on any atom is 0.227 e. The Bertz CT molecular complexity index is 612. The minimum Gasteiger partial charge on any atom is -0.375 e. The number of rotatable bonds is 4. The number of nitrogens with zero attached hydrogens (tertiary/aromatic N) is 2. The van der Waals surface area contributed by atoms with Crippen molar-refractivity contribution in [2.45, 2.75) is 38.2 Å². The summed E-state index contributed by atoms with van der Waals surface area (Å²) in [7, 11) is 0. The molecule has 23 heavy (non-hydrogen) atoms. The monoisotopic (exact) mass is 312 g/mol. The van der Waals surface area contributed by atoms with Crippen molar-refractivity contribution in [2.75, 3.05) is 25.0 Å². The number of hydrogen-bond acceptors (Lipinski definition) is 5. The smallest absolute Gasteiger partial charge is 0.227 e. The van der Waals surface area contributed by atoms with E-state index in [2.05, 4.69) is 39.7 Å². The SMILES string of the molecule is CC1=C(Nc2ncc(C3CC3)cn2)C=CC([C@H]2CNCCO2)C1. The average molecular weight is 312 g/mol. The van der Waals surface area contributed by atoms with Crippen LogP contribution in [0.5, 0.6) is 0 Å². The summed E-state index contributed by atoms with van der Waals surface area (Å²) in [5, 5.41) is 6.76. The quantitative estimate of drug-likeness (QED) is 0.895. The first-order valence-corrected chi connectivity index (χ1v) is 8.59. The first-order chi connectivity index (χ1) is 11.3. The van der Waals surface area contributed by atoms with Crippen molar-refractivity contribution in [3.63, 3.8) is 0 Å². The summed E-state index contributed by atoms with van der Waals surface area (Å²) in [5.74, 6) is 1.83. The summed E-state index contributed by atoms with van der Waals surface area (Å²) in [6.45, 7) is 4.89. The van der Waals surface area contributed by atoms with Gasteiger partial charge in [0, 0.05) is 37.1 Å². The van der Waals surface area contributed by atoms with E-state index in [1.807, 2.05) is 12.4 Å². The number of allylic oxidation sites excluding steroid dienone is 2. The zero-order chi connectivity index (χ0) is 15.6. The van der Waals surface area contributed by atoms with Crippen LogP contribution in [0, 0.1) is 5.92 Å². The van der Waals surface area contributed by atoms with Gasteiger partial charge in [0.1, 0.15) is 0 Å². The van der Waals surface area contributed by atoms with Crippen molar-refractivity contribution in [2.24, 2.45) is 5.92 Å². The van der Waals surface area contributed by atoms with Gasteiger partial charge < -0.3 is 15.4 Å². The van der Waals surface area contributed by atoms with Gasteiger partial charge in [0.15, 0.2) is 0 Å². The van der Waals surface area contributed by atoms with Crippen molar-refractivity contribution >= 4 is 5.95 Å². The Kier molecular flexibility index (Phi) is 4.14. The largest absolute Gasteiger partial charge is 0.375 e. The zero-order valence-electron chi connectivity index (χ0n) is 13.6. The lowest BCUT2D eigenvalue weighted by Crippen LogP contribution is -2.42. The Morgan fingerprint density at radius 3 is 2.74 bits per heavy atom. The van der Waals surface area contributed by atoms with Gasteiger partial charge >= 0.3 is 0 Å². The van der Waals surface area contributed by atoms with Crippen molar-refractivity contribution in [1.82, 2.24) is 15.3 Å². The molecule has 0 spiro atoms. The van der Waals surface area contributed by atoms with Crippen LogP contribution in [0.25, 0.3) is 0 Å². The van der Waals surface area contributed by atoms with Crippen LogP contribution in [-0.2, 0) is 4.74 Å². The molecule has 1 aromatic heterocycles. The van der Waals surface area contributed by atoms with Gasteiger partial charge in [-0.3, -0.25) is 0 Å². The average Bonchev–Trinajstić information content (AvgIpc) is 3.43. The number of hydrogen-bond donors (Lipinski definition) is 2. The minimum atomic E-state index is 0.283. The van der Waals surface area contributed by atoms with Gasteiger partial charge in [0.2, 0.25) is 5.95 Å². The molecular weight excluding hydrogens is 288 g/mol. The van der Waals surface area contributed by atoms with Gasteiger partial charge in [-0.1, -0.05) is 6.08 Å². The number of aromatic nitrogens is 2. The minimum absolute atomic E-state index is 0.283. The van der Waals surface area contributed by atoms with Crippen molar-refractivity contribution < 1.29 is 4.74 Å². The number of anilines is 1. The van der Waals surface area contributed by atoms with Crippen molar-refractivity contribution in [1.29, 1.82) is 0 Å². The first kappa shape index (κ1) is 14.8. The van der Waals surface area contributed by atoms with E-state index >= 15 is 0 Å². The van der Waals surface area contributed by atoms with E-state index in [4.69, 9.17) is 4.74 Å². The van der Waals surface area contributed by atoms with E-state index in [9.17, 15) is 0 Å². The third-order valence-electron chi connectivity index (χ3n) is 4.91. The van der Waals surface area contributed by atoms with E-state index in [1.54, 1.807) is 0 Å². The van der Waals surface area contributed by atoms with Crippen LogP contribution in [0.4, 0.5) is 5.95 Å². The van der Waals surface area contributed by atoms with Gasteiger partial charge in [0.05, 0.1) is 12.7 Å². The molecule has 122 valence electrons. The molecule has 3 aliphatic rings. The predicted octanol–water partition coefficient (Wildman–Crippen LogP) is 2.60. The fourth-order valence-electron chi connectivity index (χ4n) is 3.31. The molecule has 0 radical (unpaired) electrons. The Hall–Kier alpha value is -1.72. The van der Waals surface area contributed by atoms with Crippen molar-refractivity contribution in [3.8, 4) is 0 Å². The Labute approximate surface area is 137 Å². The molecule has 2 atom stereocenters. The highest BCUT2D eigenvalue weighted by Gasteiger charge is 2.26. The summed E-state index contributed by atoms with van der Waals surface area (Å²) in [6.07, 6.45) is 12.2. The first-order valence-electron chi connectivity index (χ1n) is 8.59. The molecule has 2 fully saturated rings. The molecule has 1 aliphatic heterocycles. The third-order valence-corrected chi connectivity index (χ3v) is 4.91. The molecular formula is C18H24N4O. The lowest BCUT2D eigenvalue weighted by Gasteiger charge is -2.31. The van der Waals surface area contributed by atoms with E-state index in [-0.39, 0.29) is 6.10 Å². The lowest BCUT2D eigenvalue weighted by atomic mass is 9.88. The van der Waals surface area contributed by atoms with E-state index < -0.39 is 0 Å². The summed E-state index contributed by atoms with van der Waals surface area (Å²) in [5.41, 5.74) is 3.72. The molecule has 1 aromatic rings. The van der Waals surface area contributed by atoms with Crippen LogP contribution in [0.3, 0.4) is 0 Å². The summed E-state index contributed by atoms with van der Waals surface area (Å²) in [6, 6.07) is 0. The van der Waals surface area contributed by atoms with Gasteiger partial charge in [-0.25, -0.2) is 9.97 Å². The molecule has 0 bridgehead atoms. The molecule has 1 unspecified atom stereocenters. The summed E-state index contributed by atoms with van der Waals surface area (Å²) in [4.78, 5) is 8.90. The van der Waals surface area contributed by atoms with Crippen LogP contribution in [-0.4, -0.2) is 35.8 Å². The van der Waals surface area contributed by atoms with Crippen LogP contribution in [0.2, 0.25) is 0 Å². The lowest BCUT2D eigenvalue weighted by molar-refractivity contribution is 0.00291. The van der Waals surface area contributed by atoms with E-state index in [0.29, 0.717) is 17.8 Å². The molecule has 2 heterocycles. The molecule has 0 amide bonds. The Morgan fingerprint density at radius 1 is 1.26 bits per heavy atom. The zero-order valence-corrected chi connectivity index (χ0v) is 13.6. The number of morpholine rings is 1. The number of nitrogens with one attached hydrogen (secondary N) is 2. The molecule has 4 rings (SSSR count). The van der Waals surface area contributed by atoms with Crippen LogP contribution >= 0.6 is 0 Å². The molecule has 1 saturated carbocycles. The summed E-state index contributed by atoms with van der Waals surface area (Å²) >= 11 is 0. The molecule has 1 saturated heterocycles. The predicted molar refractivity (Wildman–Crippen MR) is 90.2 cm³/mol. The van der Waals surface area contributed by atoms with Crippen LogP contribution in [0.15, 0.2) is 35.8 Å². The second-order valence-electron chi connectivity index (χ2n) is 6.77. The van der Waals surface area contributed by atoms with Gasteiger partial charge in [0.25, 0.3) is 0 Å². The Morgan fingerprint density at radius 2 is 2.09 bits per heavy atom. The van der Waals surface area contributed by atoms with Crippen LogP contribution in [0.1, 0.15) is 37.7 Å². The highest BCUT2D eigenvalue weighted by Crippen LogP contribution is 2.39. The fourth-order valence-corrected chi connectivity index (χ4v) is 3.31.